The van der Waals surface area contributed by atoms with Crippen molar-refractivity contribution in [1.82, 2.24) is 14.9 Å². The number of ether oxygens (including phenoxy) is 1. The van der Waals surface area contributed by atoms with Crippen molar-refractivity contribution < 1.29 is 13.9 Å². The molecule has 1 aliphatic rings. The summed E-state index contributed by atoms with van der Waals surface area (Å²) in [7, 11) is 3.82. The number of carbonyl (C=O) groups excluding carboxylic acids is 1. The van der Waals surface area contributed by atoms with Crippen LogP contribution in [0.25, 0.3) is 11.1 Å². The molecule has 1 aliphatic heterocycles. The highest BCUT2D eigenvalue weighted by Gasteiger charge is 2.28. The van der Waals surface area contributed by atoms with Crippen LogP contribution in [0.4, 0.5) is 10.3 Å². The molecule has 4 rings (SSSR count). The quantitative estimate of drug-likeness (QED) is 0.568. The fraction of sp³-hybridized carbons (Fsp3) is 0.320. The van der Waals surface area contributed by atoms with Crippen molar-refractivity contribution in [3.8, 4) is 16.9 Å². The number of hydrogen-bond acceptors (Lipinski definition) is 6. The average molecular weight is 450 g/mol. The number of para-hydroxylation sites is 1. The van der Waals surface area contributed by atoms with Crippen LogP contribution in [0.1, 0.15) is 28.4 Å². The number of likely N-dealkylation sites (tertiary alicyclic amines) is 1. The Morgan fingerprint density at radius 3 is 2.82 bits per heavy atom. The smallest absolute Gasteiger partial charge is 0.248 e. The second-order valence-electron chi connectivity index (χ2n) is 8.37. The van der Waals surface area contributed by atoms with Gasteiger partial charge in [-0.25, -0.2) is 14.4 Å². The summed E-state index contributed by atoms with van der Waals surface area (Å²) in [6.45, 7) is 2.82. The largest absolute Gasteiger partial charge is 0.489 e. The number of nitrogens with two attached hydrogens (primary N) is 1. The molecule has 0 saturated carbocycles. The van der Waals surface area contributed by atoms with E-state index in [-0.39, 0.29) is 17.5 Å². The Morgan fingerprint density at radius 1 is 1.24 bits per heavy atom. The second-order valence-corrected chi connectivity index (χ2v) is 8.37. The highest BCUT2D eigenvalue weighted by molar-refractivity contribution is 5.94. The number of primary amides is 1. The van der Waals surface area contributed by atoms with Gasteiger partial charge in [0.15, 0.2) is 11.6 Å². The molecule has 2 aromatic carbocycles. The molecule has 2 N–H and O–H groups in total. The lowest BCUT2D eigenvalue weighted by Crippen LogP contribution is -2.26. The fourth-order valence-corrected chi connectivity index (χ4v) is 4.08. The Balaban J connectivity index is 1.51. The van der Waals surface area contributed by atoms with Crippen molar-refractivity contribution in [2.45, 2.75) is 12.3 Å². The Morgan fingerprint density at radius 2 is 2.06 bits per heavy atom. The van der Waals surface area contributed by atoms with E-state index in [2.05, 4.69) is 9.88 Å². The number of anilines is 1. The molecule has 172 valence electrons. The molecule has 1 fully saturated rings. The summed E-state index contributed by atoms with van der Waals surface area (Å²) in [5.74, 6) is 0.299. The van der Waals surface area contributed by atoms with Crippen molar-refractivity contribution in [3.05, 3.63) is 71.8 Å². The molecule has 1 aromatic heterocycles. The van der Waals surface area contributed by atoms with E-state index < -0.39 is 5.91 Å². The number of carbonyl (C=O) groups is 1. The van der Waals surface area contributed by atoms with Gasteiger partial charge in [-0.1, -0.05) is 24.3 Å². The average Bonchev–Trinajstić information content (AvgIpc) is 3.29. The van der Waals surface area contributed by atoms with Crippen LogP contribution in [0.2, 0.25) is 0 Å². The maximum atomic E-state index is 13.8. The highest BCUT2D eigenvalue weighted by Crippen LogP contribution is 2.34. The van der Waals surface area contributed by atoms with Crippen molar-refractivity contribution in [1.29, 1.82) is 0 Å². The molecule has 1 amide bonds. The van der Waals surface area contributed by atoms with E-state index in [4.69, 9.17) is 15.5 Å². The van der Waals surface area contributed by atoms with Crippen molar-refractivity contribution >= 4 is 11.9 Å². The zero-order chi connectivity index (χ0) is 23.4. The Bertz CT molecular complexity index is 1140. The van der Waals surface area contributed by atoms with Gasteiger partial charge in [-0.2, -0.15) is 0 Å². The Labute approximate surface area is 193 Å². The minimum atomic E-state index is -0.467. The fourth-order valence-electron chi connectivity index (χ4n) is 4.08. The second kappa shape index (κ2) is 9.95. The molecule has 33 heavy (non-hydrogen) atoms. The van der Waals surface area contributed by atoms with Crippen LogP contribution in [-0.4, -0.2) is 61.1 Å². The summed E-state index contributed by atoms with van der Waals surface area (Å²) in [6.07, 6.45) is 2.76. The molecule has 8 heteroatoms. The number of rotatable bonds is 8. The molecule has 0 aliphatic carbocycles. The van der Waals surface area contributed by atoms with Crippen LogP contribution in [0.5, 0.6) is 5.75 Å². The lowest BCUT2D eigenvalue weighted by atomic mass is 9.95. The lowest BCUT2D eigenvalue weighted by Gasteiger charge is -2.20. The minimum absolute atomic E-state index is 0.201. The molecule has 0 spiro atoms. The monoisotopic (exact) mass is 449 g/mol. The van der Waals surface area contributed by atoms with E-state index in [1.807, 2.05) is 37.3 Å². The normalized spacial score (nSPS) is 16.0. The van der Waals surface area contributed by atoms with Gasteiger partial charge in [0.25, 0.3) is 0 Å². The van der Waals surface area contributed by atoms with Crippen LogP contribution >= 0.6 is 0 Å². The van der Waals surface area contributed by atoms with E-state index >= 15 is 0 Å². The van der Waals surface area contributed by atoms with Gasteiger partial charge in [0.2, 0.25) is 11.9 Å². The van der Waals surface area contributed by atoms with E-state index in [1.54, 1.807) is 30.3 Å². The van der Waals surface area contributed by atoms with Gasteiger partial charge in [-0.15, -0.1) is 0 Å². The predicted octanol–water partition coefficient (Wildman–Crippen LogP) is 3.32. The Kier molecular flexibility index (Phi) is 6.84. The van der Waals surface area contributed by atoms with Gasteiger partial charge in [-0.3, -0.25) is 9.69 Å². The van der Waals surface area contributed by atoms with E-state index in [0.717, 1.165) is 36.3 Å². The summed E-state index contributed by atoms with van der Waals surface area (Å²) < 4.78 is 19.4. The molecule has 2 heterocycles. The number of halogens is 1. The number of nitrogens with zero attached hydrogens (tertiary/aromatic N) is 4. The van der Waals surface area contributed by atoms with Crippen molar-refractivity contribution in [3.63, 3.8) is 0 Å². The molecule has 3 aromatic rings. The first-order valence-corrected chi connectivity index (χ1v) is 11.0. The molecule has 7 nitrogen and oxygen atoms in total. The Hall–Kier alpha value is -3.52. The number of hydrogen-bond donors (Lipinski definition) is 1. The van der Waals surface area contributed by atoms with Crippen molar-refractivity contribution in [2.24, 2.45) is 5.73 Å². The van der Waals surface area contributed by atoms with E-state index in [1.165, 1.54) is 6.07 Å². The minimum Gasteiger partial charge on any atom is -0.489 e. The summed E-state index contributed by atoms with van der Waals surface area (Å²) >= 11 is 0. The summed E-state index contributed by atoms with van der Waals surface area (Å²) in [4.78, 5) is 25.2. The first-order valence-electron chi connectivity index (χ1n) is 11.0. The zero-order valence-corrected chi connectivity index (χ0v) is 18.9. The van der Waals surface area contributed by atoms with Crippen LogP contribution in [-0.2, 0) is 0 Å². The first kappa shape index (κ1) is 22.7. The van der Waals surface area contributed by atoms with E-state index in [0.29, 0.717) is 24.7 Å². The van der Waals surface area contributed by atoms with Gasteiger partial charge in [0, 0.05) is 50.4 Å². The number of benzene rings is 2. The van der Waals surface area contributed by atoms with Gasteiger partial charge in [-0.05, 0) is 42.8 Å². The number of amides is 1. The third-order valence-electron chi connectivity index (χ3n) is 5.82. The number of aromatic nitrogens is 2. The van der Waals surface area contributed by atoms with Crippen molar-refractivity contribution in [2.75, 3.05) is 45.2 Å². The maximum Gasteiger partial charge on any atom is 0.248 e. The SMILES string of the molecule is CN(C)c1ncc(-c2cccc(C(N)=O)c2)c(C2CCN(CCOc3ccccc3F)C2)n1. The molecule has 1 atom stereocenters. The van der Waals surface area contributed by atoms with Crippen LogP contribution in [0.3, 0.4) is 0 Å². The van der Waals surface area contributed by atoms with Gasteiger partial charge in [0.05, 0.1) is 5.69 Å². The van der Waals surface area contributed by atoms with Gasteiger partial charge in [0.1, 0.15) is 6.61 Å². The highest BCUT2D eigenvalue weighted by atomic mass is 19.1. The third kappa shape index (κ3) is 5.28. The molecular formula is C25H28FN5O2. The van der Waals surface area contributed by atoms with E-state index in [9.17, 15) is 9.18 Å². The predicted molar refractivity (Wildman–Crippen MR) is 126 cm³/mol. The first-order chi connectivity index (χ1) is 15.9. The van der Waals surface area contributed by atoms with Crippen LogP contribution in [0, 0.1) is 5.82 Å². The molecule has 0 bridgehead atoms. The zero-order valence-electron chi connectivity index (χ0n) is 18.9. The van der Waals surface area contributed by atoms with Gasteiger partial charge < -0.3 is 15.4 Å². The lowest BCUT2D eigenvalue weighted by molar-refractivity contribution is 0.100. The summed E-state index contributed by atoms with van der Waals surface area (Å²) in [5, 5.41) is 0. The summed E-state index contributed by atoms with van der Waals surface area (Å²) in [5.41, 5.74) is 8.66. The molecular weight excluding hydrogens is 421 g/mol. The van der Waals surface area contributed by atoms with Gasteiger partial charge >= 0.3 is 0 Å². The maximum absolute atomic E-state index is 13.8. The van der Waals surface area contributed by atoms with Crippen LogP contribution < -0.4 is 15.4 Å². The molecule has 1 saturated heterocycles. The van der Waals surface area contributed by atoms with Crippen LogP contribution in [0.15, 0.2) is 54.7 Å². The summed E-state index contributed by atoms with van der Waals surface area (Å²) in [6, 6.07) is 13.7. The third-order valence-corrected chi connectivity index (χ3v) is 5.82. The molecule has 0 radical (unpaired) electrons. The standard InChI is InChI=1S/C25H28FN5O2/c1-30(2)25-28-15-20(17-6-5-7-18(14-17)24(27)32)23(29-25)19-10-11-31(16-19)12-13-33-22-9-4-3-8-21(22)26/h3-9,14-15,19H,10-13,16H2,1-2H3,(H2,27,32). The molecule has 1 unspecified atom stereocenters. The topological polar surface area (TPSA) is 84.6 Å².